The Morgan fingerprint density at radius 2 is 0.855 bits per heavy atom. The van der Waals surface area contributed by atoms with E-state index in [4.69, 9.17) is 19.4 Å². The second-order valence-electron chi connectivity index (χ2n) is 14.0. The summed E-state index contributed by atoms with van der Waals surface area (Å²) in [6.45, 7) is 0. The van der Waals surface area contributed by atoms with E-state index in [1.54, 1.807) is 0 Å². The van der Waals surface area contributed by atoms with Crippen LogP contribution in [0, 0.1) is 0 Å². The molecule has 0 aliphatic heterocycles. The molecule has 0 amide bonds. The van der Waals surface area contributed by atoms with E-state index >= 15 is 0 Å². The third kappa shape index (κ3) is 5.26. The molecule has 4 heteroatoms. The summed E-state index contributed by atoms with van der Waals surface area (Å²) in [4.78, 5) is 15.5. The fraction of sp³-hybridized carbons (Fsp3) is 0. The third-order valence-corrected chi connectivity index (χ3v) is 10.7. The molecule has 0 spiro atoms. The van der Waals surface area contributed by atoms with Gasteiger partial charge in [-0.1, -0.05) is 176 Å². The van der Waals surface area contributed by atoms with Crippen LogP contribution in [0.4, 0.5) is 0 Å². The molecule has 11 aromatic rings. The Bertz CT molecular complexity index is 3240. The fourth-order valence-corrected chi connectivity index (χ4v) is 8.04. The summed E-state index contributed by atoms with van der Waals surface area (Å²) >= 11 is 0. The highest BCUT2D eigenvalue weighted by Crippen LogP contribution is 2.41. The fourth-order valence-electron chi connectivity index (χ4n) is 8.04. The number of para-hydroxylation sites is 1. The maximum Gasteiger partial charge on any atom is 0.164 e. The van der Waals surface area contributed by atoms with Crippen LogP contribution in [0.3, 0.4) is 0 Å². The van der Waals surface area contributed by atoms with Gasteiger partial charge in [-0.2, -0.15) is 0 Å². The van der Waals surface area contributed by atoms with E-state index < -0.39 is 0 Å². The molecule has 2 heterocycles. The molecule has 0 aliphatic carbocycles. The molecule has 0 bridgehead atoms. The van der Waals surface area contributed by atoms with Gasteiger partial charge in [0, 0.05) is 33.0 Å². The van der Waals surface area contributed by atoms with Gasteiger partial charge in [0.15, 0.2) is 17.5 Å². The minimum absolute atomic E-state index is 0.596. The van der Waals surface area contributed by atoms with Crippen molar-refractivity contribution < 1.29 is 4.42 Å². The number of nitrogens with zero attached hydrogens (tertiary/aromatic N) is 3. The second kappa shape index (κ2) is 12.6. The number of hydrogen-bond acceptors (Lipinski definition) is 4. The highest BCUT2D eigenvalue weighted by Gasteiger charge is 2.20. The number of aromatic nitrogens is 3. The lowest BCUT2D eigenvalue weighted by Gasteiger charge is -2.11. The third-order valence-electron chi connectivity index (χ3n) is 10.7. The first-order chi connectivity index (χ1) is 27.2. The summed E-state index contributed by atoms with van der Waals surface area (Å²) in [6, 6.07) is 65.7. The van der Waals surface area contributed by atoms with Gasteiger partial charge in [-0.15, -0.1) is 0 Å². The number of furan rings is 1. The van der Waals surface area contributed by atoms with Crippen LogP contribution in [-0.2, 0) is 0 Å². The van der Waals surface area contributed by atoms with E-state index in [0.29, 0.717) is 17.5 Å². The van der Waals surface area contributed by atoms with Crippen molar-refractivity contribution >= 4 is 54.3 Å². The Labute approximate surface area is 317 Å². The van der Waals surface area contributed by atoms with Crippen molar-refractivity contribution in [1.82, 2.24) is 15.0 Å². The van der Waals surface area contributed by atoms with Crippen LogP contribution in [0.5, 0.6) is 0 Å². The van der Waals surface area contributed by atoms with Crippen molar-refractivity contribution in [3.05, 3.63) is 188 Å². The Morgan fingerprint density at radius 1 is 0.309 bits per heavy atom. The monoisotopic (exact) mass is 701 g/mol. The lowest BCUT2D eigenvalue weighted by Crippen LogP contribution is -2.00. The Morgan fingerprint density at radius 3 is 1.65 bits per heavy atom. The van der Waals surface area contributed by atoms with Gasteiger partial charge < -0.3 is 4.42 Å². The van der Waals surface area contributed by atoms with E-state index in [0.717, 1.165) is 49.8 Å². The molecule has 4 nitrogen and oxygen atoms in total. The largest absolute Gasteiger partial charge is 0.455 e. The van der Waals surface area contributed by atoms with Crippen LogP contribution in [0.2, 0.25) is 0 Å². The van der Waals surface area contributed by atoms with E-state index in [-0.39, 0.29) is 0 Å². The van der Waals surface area contributed by atoms with Gasteiger partial charge >= 0.3 is 0 Å². The van der Waals surface area contributed by atoms with Gasteiger partial charge in [-0.25, -0.2) is 15.0 Å². The molecule has 0 atom stereocenters. The summed E-state index contributed by atoms with van der Waals surface area (Å²) in [5.41, 5.74) is 8.87. The Hall–Kier alpha value is -7.43. The number of fused-ring (bicyclic) bond motifs is 8. The summed E-state index contributed by atoms with van der Waals surface area (Å²) < 4.78 is 6.70. The predicted molar refractivity (Wildman–Crippen MR) is 227 cm³/mol. The zero-order chi connectivity index (χ0) is 36.3. The standard InChI is InChI=1S/C51H31N3O/c1-3-11-32(12-4-1)33-21-23-35(24-22-33)41-17-9-18-42-47-43(19-10-20-45(47)55-48(41)42)51-53-49(38-14-5-2-6-15-38)52-50(54-51)39-30-27-36-26-29-37-28-25-34-13-7-8-16-40(34)46(37)44(36)31-39/h1-31H. The molecule has 55 heavy (non-hydrogen) atoms. The molecule has 0 aliphatic rings. The van der Waals surface area contributed by atoms with Gasteiger partial charge in [0.25, 0.3) is 0 Å². The molecule has 0 radical (unpaired) electrons. The number of hydrogen-bond donors (Lipinski definition) is 0. The molecule has 0 fully saturated rings. The predicted octanol–water partition coefficient (Wildman–Crippen LogP) is 13.6. The zero-order valence-corrected chi connectivity index (χ0v) is 29.6. The van der Waals surface area contributed by atoms with Gasteiger partial charge in [0.1, 0.15) is 11.2 Å². The average Bonchev–Trinajstić information content (AvgIpc) is 3.66. The SMILES string of the molecule is c1ccc(-c2ccc(-c3cccc4c3oc3cccc(-c5nc(-c6ccccc6)nc(-c6ccc7ccc8ccc9ccccc9c8c7c6)n5)c34)cc2)cc1. The van der Waals surface area contributed by atoms with Crippen LogP contribution < -0.4 is 0 Å². The molecule has 2 aromatic heterocycles. The summed E-state index contributed by atoms with van der Waals surface area (Å²) in [7, 11) is 0. The minimum Gasteiger partial charge on any atom is -0.455 e. The Balaban J connectivity index is 1.10. The molecule has 0 unspecified atom stereocenters. The molecular formula is C51H31N3O. The van der Waals surface area contributed by atoms with Gasteiger partial charge in [-0.05, 0) is 61.1 Å². The molecule has 256 valence electrons. The van der Waals surface area contributed by atoms with Gasteiger partial charge in [0.2, 0.25) is 0 Å². The maximum absolute atomic E-state index is 6.70. The van der Waals surface area contributed by atoms with Crippen LogP contribution >= 0.6 is 0 Å². The minimum atomic E-state index is 0.596. The van der Waals surface area contributed by atoms with Crippen LogP contribution in [0.15, 0.2) is 192 Å². The molecule has 11 rings (SSSR count). The topological polar surface area (TPSA) is 51.8 Å². The average molecular weight is 702 g/mol. The molecule has 9 aromatic carbocycles. The Kier molecular flexibility index (Phi) is 7.14. The highest BCUT2D eigenvalue weighted by molar-refractivity contribution is 6.20. The first-order valence-electron chi connectivity index (χ1n) is 18.5. The normalized spacial score (nSPS) is 11.6. The van der Waals surface area contributed by atoms with Crippen molar-refractivity contribution in [1.29, 1.82) is 0 Å². The van der Waals surface area contributed by atoms with Crippen molar-refractivity contribution in [2.24, 2.45) is 0 Å². The number of rotatable bonds is 5. The van der Waals surface area contributed by atoms with Crippen molar-refractivity contribution in [3.63, 3.8) is 0 Å². The molecule has 0 saturated heterocycles. The zero-order valence-electron chi connectivity index (χ0n) is 29.6. The highest BCUT2D eigenvalue weighted by atomic mass is 16.3. The lowest BCUT2D eigenvalue weighted by atomic mass is 9.95. The number of benzene rings is 9. The quantitative estimate of drug-likeness (QED) is 0.168. The van der Waals surface area contributed by atoms with E-state index in [1.165, 1.54) is 43.4 Å². The van der Waals surface area contributed by atoms with E-state index in [9.17, 15) is 0 Å². The van der Waals surface area contributed by atoms with Crippen molar-refractivity contribution in [3.8, 4) is 56.4 Å². The van der Waals surface area contributed by atoms with Crippen molar-refractivity contribution in [2.45, 2.75) is 0 Å². The molecule has 0 N–H and O–H groups in total. The van der Waals surface area contributed by atoms with E-state index in [2.05, 4.69) is 140 Å². The summed E-state index contributed by atoms with van der Waals surface area (Å²) in [5.74, 6) is 1.83. The van der Waals surface area contributed by atoms with Gasteiger partial charge in [-0.3, -0.25) is 0 Å². The lowest BCUT2D eigenvalue weighted by molar-refractivity contribution is 0.670. The van der Waals surface area contributed by atoms with Gasteiger partial charge in [0.05, 0.1) is 0 Å². The van der Waals surface area contributed by atoms with Crippen molar-refractivity contribution in [2.75, 3.05) is 0 Å². The summed E-state index contributed by atoms with van der Waals surface area (Å²) in [6.07, 6.45) is 0. The summed E-state index contributed by atoms with van der Waals surface area (Å²) in [5, 5.41) is 9.22. The molecular weight excluding hydrogens is 671 g/mol. The van der Waals surface area contributed by atoms with Crippen LogP contribution in [0.1, 0.15) is 0 Å². The smallest absolute Gasteiger partial charge is 0.164 e. The first kappa shape index (κ1) is 31.1. The molecule has 0 saturated carbocycles. The van der Waals surface area contributed by atoms with Crippen LogP contribution in [-0.4, -0.2) is 15.0 Å². The second-order valence-corrected chi connectivity index (χ2v) is 14.0. The first-order valence-corrected chi connectivity index (χ1v) is 18.5. The van der Waals surface area contributed by atoms with Crippen LogP contribution in [0.25, 0.3) is 111 Å². The van der Waals surface area contributed by atoms with E-state index in [1.807, 2.05) is 48.5 Å². The maximum atomic E-state index is 6.70.